The Kier molecular flexibility index (Phi) is 4.26. The van der Waals surface area contributed by atoms with E-state index in [1.807, 2.05) is 42.5 Å². The van der Waals surface area contributed by atoms with Gasteiger partial charge in [0.15, 0.2) is 0 Å². The molecule has 2 heterocycles. The average molecular weight is 339 g/mol. The van der Waals surface area contributed by atoms with Crippen molar-refractivity contribution in [1.82, 2.24) is 4.98 Å². The highest BCUT2D eigenvalue weighted by molar-refractivity contribution is 6.30. The van der Waals surface area contributed by atoms with Gasteiger partial charge in [0, 0.05) is 29.2 Å². The van der Waals surface area contributed by atoms with Crippen molar-refractivity contribution in [1.29, 1.82) is 0 Å². The molecule has 0 saturated carbocycles. The fourth-order valence-corrected chi connectivity index (χ4v) is 3.25. The summed E-state index contributed by atoms with van der Waals surface area (Å²) in [6.45, 7) is 2.05. The smallest absolute Gasteiger partial charge is 0.229 e. The molecular formula is C20H19ClN2O. The molecule has 0 bridgehead atoms. The number of hydrogen-bond acceptors (Lipinski definition) is 3. The molecule has 1 aliphatic rings. The Morgan fingerprint density at radius 1 is 0.833 bits per heavy atom. The molecule has 0 aliphatic carbocycles. The van der Waals surface area contributed by atoms with Crippen molar-refractivity contribution in [3.05, 3.63) is 59.6 Å². The maximum absolute atomic E-state index is 6.21. The SMILES string of the molecule is Clc1ccc(-c2nc(-c3ccccc3)c(N3CCCCC3)o2)cc1. The number of hydrogen-bond donors (Lipinski definition) is 0. The summed E-state index contributed by atoms with van der Waals surface area (Å²) in [4.78, 5) is 7.12. The number of rotatable bonds is 3. The number of nitrogens with zero attached hydrogens (tertiary/aromatic N) is 2. The summed E-state index contributed by atoms with van der Waals surface area (Å²) in [7, 11) is 0. The summed E-state index contributed by atoms with van der Waals surface area (Å²) in [6.07, 6.45) is 3.69. The van der Waals surface area contributed by atoms with Crippen LogP contribution in [0, 0.1) is 0 Å². The molecule has 1 aromatic heterocycles. The van der Waals surface area contributed by atoms with E-state index >= 15 is 0 Å². The number of anilines is 1. The van der Waals surface area contributed by atoms with E-state index in [1.165, 1.54) is 19.3 Å². The standard InChI is InChI=1S/C20H19ClN2O/c21-17-11-9-16(10-12-17)19-22-18(15-7-3-1-4-8-15)20(24-19)23-13-5-2-6-14-23/h1,3-4,7-12H,2,5-6,13-14H2. The highest BCUT2D eigenvalue weighted by Crippen LogP contribution is 2.36. The maximum atomic E-state index is 6.21. The van der Waals surface area contributed by atoms with E-state index in [4.69, 9.17) is 21.0 Å². The Morgan fingerprint density at radius 2 is 1.54 bits per heavy atom. The second kappa shape index (κ2) is 6.70. The lowest BCUT2D eigenvalue weighted by Crippen LogP contribution is -2.29. The van der Waals surface area contributed by atoms with Gasteiger partial charge in [-0.1, -0.05) is 41.9 Å². The fraction of sp³-hybridized carbons (Fsp3) is 0.250. The van der Waals surface area contributed by atoms with Crippen molar-refractivity contribution in [3.63, 3.8) is 0 Å². The monoisotopic (exact) mass is 338 g/mol. The number of aromatic nitrogens is 1. The molecule has 2 aromatic carbocycles. The molecule has 1 fully saturated rings. The third-order valence-corrected chi connectivity index (χ3v) is 4.64. The van der Waals surface area contributed by atoms with Crippen LogP contribution < -0.4 is 4.90 Å². The molecule has 1 aliphatic heterocycles. The second-order valence-corrected chi connectivity index (χ2v) is 6.53. The van der Waals surface area contributed by atoms with Crippen LogP contribution in [0.2, 0.25) is 5.02 Å². The Balaban J connectivity index is 1.79. The molecule has 0 spiro atoms. The first-order valence-corrected chi connectivity index (χ1v) is 8.76. The molecule has 3 nitrogen and oxygen atoms in total. The lowest BCUT2D eigenvalue weighted by molar-refractivity contribution is 0.505. The van der Waals surface area contributed by atoms with Gasteiger partial charge < -0.3 is 9.32 Å². The minimum Gasteiger partial charge on any atom is -0.420 e. The molecule has 4 heteroatoms. The minimum atomic E-state index is 0.645. The summed E-state index contributed by atoms with van der Waals surface area (Å²) in [5.41, 5.74) is 2.95. The minimum absolute atomic E-state index is 0.645. The molecule has 1 saturated heterocycles. The van der Waals surface area contributed by atoms with Gasteiger partial charge >= 0.3 is 0 Å². The number of oxazole rings is 1. The van der Waals surface area contributed by atoms with Crippen molar-refractivity contribution >= 4 is 17.5 Å². The third-order valence-electron chi connectivity index (χ3n) is 4.39. The van der Waals surface area contributed by atoms with Gasteiger partial charge in [-0.15, -0.1) is 0 Å². The van der Waals surface area contributed by atoms with Crippen LogP contribution in [0.5, 0.6) is 0 Å². The van der Waals surface area contributed by atoms with Crippen molar-refractivity contribution in [3.8, 4) is 22.7 Å². The van der Waals surface area contributed by atoms with Crippen LogP contribution in [-0.2, 0) is 0 Å². The van der Waals surface area contributed by atoms with Crippen LogP contribution in [0.15, 0.2) is 59.0 Å². The Morgan fingerprint density at radius 3 is 2.25 bits per heavy atom. The summed E-state index contributed by atoms with van der Waals surface area (Å²) >= 11 is 5.99. The van der Waals surface area contributed by atoms with Crippen LogP contribution in [0.3, 0.4) is 0 Å². The fourth-order valence-electron chi connectivity index (χ4n) is 3.12. The molecule has 0 amide bonds. The number of piperidine rings is 1. The van der Waals surface area contributed by atoms with Crippen LogP contribution >= 0.6 is 11.6 Å². The summed E-state index contributed by atoms with van der Waals surface area (Å²) in [5.74, 6) is 1.52. The maximum Gasteiger partial charge on any atom is 0.229 e. The van der Waals surface area contributed by atoms with Crippen molar-refractivity contribution in [2.24, 2.45) is 0 Å². The Hall–Kier alpha value is -2.26. The molecule has 122 valence electrons. The number of halogens is 1. The molecule has 4 rings (SSSR count). The predicted molar refractivity (Wildman–Crippen MR) is 98.4 cm³/mol. The molecule has 0 atom stereocenters. The molecule has 24 heavy (non-hydrogen) atoms. The molecular weight excluding hydrogens is 320 g/mol. The summed E-state index contributed by atoms with van der Waals surface area (Å²) in [5, 5.41) is 0.713. The molecule has 0 N–H and O–H groups in total. The zero-order chi connectivity index (χ0) is 16.4. The largest absolute Gasteiger partial charge is 0.420 e. The van der Waals surface area contributed by atoms with Gasteiger partial charge in [0.2, 0.25) is 11.8 Å². The average Bonchev–Trinajstić information content (AvgIpc) is 3.09. The van der Waals surface area contributed by atoms with Crippen molar-refractivity contribution in [2.75, 3.05) is 18.0 Å². The van der Waals surface area contributed by atoms with E-state index in [0.717, 1.165) is 35.8 Å². The third kappa shape index (κ3) is 3.04. The predicted octanol–water partition coefficient (Wildman–Crippen LogP) is 5.65. The first-order chi connectivity index (χ1) is 11.8. The van der Waals surface area contributed by atoms with Crippen LogP contribution in [0.25, 0.3) is 22.7 Å². The normalized spacial score (nSPS) is 14.8. The van der Waals surface area contributed by atoms with E-state index in [2.05, 4.69) is 17.0 Å². The van der Waals surface area contributed by atoms with Crippen molar-refractivity contribution in [2.45, 2.75) is 19.3 Å². The first kappa shape index (κ1) is 15.3. The second-order valence-electron chi connectivity index (χ2n) is 6.09. The zero-order valence-electron chi connectivity index (χ0n) is 13.4. The van der Waals surface area contributed by atoms with Gasteiger partial charge in [-0.3, -0.25) is 0 Å². The van der Waals surface area contributed by atoms with E-state index in [-0.39, 0.29) is 0 Å². The molecule has 3 aromatic rings. The summed E-state index contributed by atoms with van der Waals surface area (Å²) < 4.78 is 6.21. The van der Waals surface area contributed by atoms with Crippen LogP contribution in [-0.4, -0.2) is 18.1 Å². The number of benzene rings is 2. The van der Waals surface area contributed by atoms with E-state index in [9.17, 15) is 0 Å². The first-order valence-electron chi connectivity index (χ1n) is 8.38. The lowest BCUT2D eigenvalue weighted by atomic mass is 10.1. The Labute approximate surface area is 146 Å². The zero-order valence-corrected chi connectivity index (χ0v) is 14.2. The van der Waals surface area contributed by atoms with Gasteiger partial charge in [0.05, 0.1) is 0 Å². The van der Waals surface area contributed by atoms with Gasteiger partial charge in [-0.2, -0.15) is 0 Å². The highest BCUT2D eigenvalue weighted by Gasteiger charge is 2.22. The quantitative estimate of drug-likeness (QED) is 0.617. The van der Waals surface area contributed by atoms with Gasteiger partial charge in [-0.05, 0) is 43.5 Å². The highest BCUT2D eigenvalue weighted by atomic mass is 35.5. The Bertz CT molecular complexity index is 805. The molecule has 0 radical (unpaired) electrons. The van der Waals surface area contributed by atoms with Crippen molar-refractivity contribution < 1.29 is 4.42 Å². The topological polar surface area (TPSA) is 29.3 Å². The molecule has 0 unspecified atom stereocenters. The van der Waals surface area contributed by atoms with E-state index in [1.54, 1.807) is 0 Å². The van der Waals surface area contributed by atoms with E-state index in [0.29, 0.717) is 10.9 Å². The van der Waals surface area contributed by atoms with Crippen LogP contribution in [0.4, 0.5) is 5.88 Å². The van der Waals surface area contributed by atoms with Gasteiger partial charge in [0.25, 0.3) is 0 Å². The van der Waals surface area contributed by atoms with Gasteiger partial charge in [-0.25, -0.2) is 4.98 Å². The van der Waals surface area contributed by atoms with Gasteiger partial charge in [0.1, 0.15) is 5.69 Å². The lowest BCUT2D eigenvalue weighted by Gasteiger charge is -2.26. The van der Waals surface area contributed by atoms with Crippen LogP contribution in [0.1, 0.15) is 19.3 Å². The van der Waals surface area contributed by atoms with E-state index < -0.39 is 0 Å². The summed E-state index contributed by atoms with van der Waals surface area (Å²) in [6, 6.07) is 17.9.